The van der Waals surface area contributed by atoms with Crippen LogP contribution in [0.1, 0.15) is 5.69 Å². The van der Waals surface area contributed by atoms with E-state index in [4.69, 9.17) is 11.6 Å². The number of hydrogen-bond acceptors (Lipinski definition) is 5. The summed E-state index contributed by atoms with van der Waals surface area (Å²) in [6.07, 6.45) is 6.03. The van der Waals surface area contributed by atoms with Crippen LogP contribution < -0.4 is 0 Å². The molecule has 144 valence electrons. The highest BCUT2D eigenvalue weighted by Crippen LogP contribution is 2.35. The molecule has 0 atom stereocenters. The van der Waals surface area contributed by atoms with Crippen molar-refractivity contribution in [3.05, 3.63) is 83.7 Å². The Balaban J connectivity index is 1.75. The van der Waals surface area contributed by atoms with E-state index in [9.17, 15) is 9.18 Å². The second-order valence-corrected chi connectivity index (χ2v) is 7.63. The Morgan fingerprint density at radius 3 is 2.45 bits per heavy atom. The number of benzene rings is 2. The second kappa shape index (κ2) is 8.55. The molecule has 4 aromatic rings. The molecule has 0 unspecified atom stereocenters. The third kappa shape index (κ3) is 4.52. The molecule has 2 aromatic carbocycles. The number of nitrogens with zero attached hydrogens (tertiary/aromatic N) is 4. The van der Waals surface area contributed by atoms with Gasteiger partial charge in [-0.05, 0) is 48.5 Å². The number of halogens is 2. The highest BCUT2D eigenvalue weighted by Gasteiger charge is 2.15. The summed E-state index contributed by atoms with van der Waals surface area (Å²) >= 11 is 7.49. The van der Waals surface area contributed by atoms with E-state index < -0.39 is 0 Å². The Morgan fingerprint density at radius 2 is 1.79 bits per heavy atom. The molecule has 2 heterocycles. The molecule has 0 aliphatic carbocycles. The summed E-state index contributed by atoms with van der Waals surface area (Å²) in [6.45, 7) is 0. The topological polar surface area (TPSA) is 60.7 Å². The first-order valence-corrected chi connectivity index (χ1v) is 9.86. The lowest BCUT2D eigenvalue weighted by atomic mass is 10.3. The molecule has 0 aliphatic rings. The highest BCUT2D eigenvalue weighted by atomic mass is 35.5. The van der Waals surface area contributed by atoms with Gasteiger partial charge in [0.2, 0.25) is 0 Å². The van der Waals surface area contributed by atoms with Gasteiger partial charge in [-0.3, -0.25) is 9.97 Å². The normalized spacial score (nSPS) is 10.8. The lowest BCUT2D eigenvalue weighted by molar-refractivity contribution is -0.107. The van der Waals surface area contributed by atoms with Crippen LogP contribution in [-0.4, -0.2) is 26.0 Å². The lowest BCUT2D eigenvalue weighted by Crippen LogP contribution is -1.97. The van der Waals surface area contributed by atoms with Gasteiger partial charge in [0.05, 0.1) is 22.5 Å². The zero-order valence-corrected chi connectivity index (χ0v) is 16.6. The van der Waals surface area contributed by atoms with Crippen molar-refractivity contribution in [3.63, 3.8) is 0 Å². The predicted molar refractivity (Wildman–Crippen MR) is 110 cm³/mol. The lowest BCUT2D eigenvalue weighted by Gasteiger charge is -2.03. The fourth-order valence-corrected chi connectivity index (χ4v) is 3.68. The average molecular weight is 425 g/mol. The first-order chi connectivity index (χ1) is 14.1. The monoisotopic (exact) mass is 424 g/mol. The van der Waals surface area contributed by atoms with E-state index >= 15 is 0 Å². The maximum atomic E-state index is 13.3. The van der Waals surface area contributed by atoms with E-state index in [1.54, 1.807) is 29.2 Å². The van der Waals surface area contributed by atoms with Crippen LogP contribution in [0.25, 0.3) is 17.1 Å². The van der Waals surface area contributed by atoms with E-state index in [-0.39, 0.29) is 12.2 Å². The van der Waals surface area contributed by atoms with Gasteiger partial charge in [-0.15, -0.1) is 0 Å². The molecule has 0 saturated heterocycles. The molecule has 0 N–H and O–H groups in total. The Labute approximate surface area is 175 Å². The molecule has 0 amide bonds. The molecule has 8 heteroatoms. The second-order valence-electron chi connectivity index (χ2n) is 6.08. The molecule has 0 fully saturated rings. The van der Waals surface area contributed by atoms with Gasteiger partial charge in [0.25, 0.3) is 0 Å². The third-order valence-electron chi connectivity index (χ3n) is 4.05. The minimum absolute atomic E-state index is 0.212. The Kier molecular flexibility index (Phi) is 5.69. The van der Waals surface area contributed by atoms with Crippen LogP contribution in [0.3, 0.4) is 0 Å². The van der Waals surface area contributed by atoms with Gasteiger partial charge in [0, 0.05) is 28.7 Å². The quantitative estimate of drug-likeness (QED) is 0.407. The average Bonchev–Trinajstić information content (AvgIpc) is 3.15. The molecule has 0 aliphatic heterocycles. The molecular weight excluding hydrogens is 411 g/mol. The van der Waals surface area contributed by atoms with Gasteiger partial charge >= 0.3 is 0 Å². The molecule has 2 aromatic heterocycles. The Morgan fingerprint density at radius 1 is 1.03 bits per heavy atom. The van der Waals surface area contributed by atoms with Crippen molar-refractivity contribution in [1.29, 1.82) is 0 Å². The Hall–Kier alpha value is -3.03. The van der Waals surface area contributed by atoms with Gasteiger partial charge in [-0.25, -0.2) is 9.07 Å². The van der Waals surface area contributed by atoms with Crippen LogP contribution in [0.4, 0.5) is 4.39 Å². The molecule has 4 rings (SSSR count). The third-order valence-corrected chi connectivity index (χ3v) is 5.33. The van der Waals surface area contributed by atoms with Crippen molar-refractivity contribution in [2.45, 2.75) is 16.2 Å². The van der Waals surface area contributed by atoms with Gasteiger partial charge in [-0.1, -0.05) is 23.4 Å². The van der Waals surface area contributed by atoms with Crippen LogP contribution in [0, 0.1) is 5.82 Å². The van der Waals surface area contributed by atoms with Crippen molar-refractivity contribution in [2.24, 2.45) is 0 Å². The van der Waals surface area contributed by atoms with Gasteiger partial charge in [0.1, 0.15) is 23.5 Å². The zero-order valence-electron chi connectivity index (χ0n) is 15.0. The molecule has 0 saturated carbocycles. The SMILES string of the molecule is O=CCc1cnc(-c2nn(-c3ccc(F)cc3)cc2Sc2ccc(Cl)cc2)cn1. The number of hydrogen-bond donors (Lipinski definition) is 0. The minimum Gasteiger partial charge on any atom is -0.303 e. The summed E-state index contributed by atoms with van der Waals surface area (Å²) in [5, 5.41) is 5.31. The Bertz CT molecular complexity index is 1130. The first-order valence-electron chi connectivity index (χ1n) is 8.66. The van der Waals surface area contributed by atoms with Crippen molar-refractivity contribution >= 4 is 29.6 Å². The van der Waals surface area contributed by atoms with Crippen molar-refractivity contribution in [3.8, 4) is 17.1 Å². The smallest absolute Gasteiger partial charge is 0.127 e. The van der Waals surface area contributed by atoms with E-state index in [1.807, 2.05) is 30.5 Å². The summed E-state index contributed by atoms with van der Waals surface area (Å²) < 4.78 is 15.0. The molecular formula is C21H14ClFN4OS. The van der Waals surface area contributed by atoms with Crippen molar-refractivity contribution < 1.29 is 9.18 Å². The van der Waals surface area contributed by atoms with E-state index in [0.29, 0.717) is 22.1 Å². The number of aromatic nitrogens is 4. The fourth-order valence-electron chi connectivity index (χ4n) is 2.63. The number of carbonyl (C=O) groups excluding carboxylic acids is 1. The van der Waals surface area contributed by atoms with E-state index in [1.165, 1.54) is 23.9 Å². The highest BCUT2D eigenvalue weighted by molar-refractivity contribution is 7.99. The largest absolute Gasteiger partial charge is 0.303 e. The van der Waals surface area contributed by atoms with Crippen LogP contribution in [0.5, 0.6) is 0 Å². The van der Waals surface area contributed by atoms with Gasteiger partial charge in [0.15, 0.2) is 0 Å². The maximum absolute atomic E-state index is 13.3. The summed E-state index contributed by atoms with van der Waals surface area (Å²) in [4.78, 5) is 21.2. The molecule has 5 nitrogen and oxygen atoms in total. The molecule has 29 heavy (non-hydrogen) atoms. The van der Waals surface area contributed by atoms with Crippen LogP contribution >= 0.6 is 23.4 Å². The number of rotatable bonds is 6. The van der Waals surface area contributed by atoms with E-state index in [0.717, 1.165) is 21.8 Å². The zero-order chi connectivity index (χ0) is 20.2. The standard InChI is InChI=1S/C21H14ClFN4OS/c22-14-1-7-18(8-2-14)29-20-13-27(17-5-3-15(23)4-6-17)26-21(20)19-12-24-16(9-10-28)11-25-19/h1-8,10-13H,9H2. The minimum atomic E-state index is -0.312. The summed E-state index contributed by atoms with van der Waals surface area (Å²) in [5.41, 5.74) is 2.53. The summed E-state index contributed by atoms with van der Waals surface area (Å²) in [6, 6.07) is 13.6. The number of aldehydes is 1. The maximum Gasteiger partial charge on any atom is 0.127 e. The molecule has 0 bridgehead atoms. The predicted octanol–water partition coefficient (Wildman–Crippen LogP) is 5.01. The van der Waals surface area contributed by atoms with Crippen molar-refractivity contribution in [1.82, 2.24) is 19.7 Å². The van der Waals surface area contributed by atoms with Gasteiger partial charge in [-0.2, -0.15) is 5.10 Å². The van der Waals surface area contributed by atoms with Crippen LogP contribution in [-0.2, 0) is 11.2 Å². The first kappa shape index (κ1) is 19.3. The van der Waals surface area contributed by atoms with Crippen molar-refractivity contribution in [2.75, 3.05) is 0 Å². The van der Waals surface area contributed by atoms with Crippen LogP contribution in [0.2, 0.25) is 5.02 Å². The van der Waals surface area contributed by atoms with E-state index in [2.05, 4.69) is 15.1 Å². The molecule has 0 radical (unpaired) electrons. The molecule has 0 spiro atoms. The summed E-state index contributed by atoms with van der Waals surface area (Å²) in [7, 11) is 0. The van der Waals surface area contributed by atoms with Gasteiger partial charge < -0.3 is 4.79 Å². The number of carbonyl (C=O) groups is 1. The van der Waals surface area contributed by atoms with Crippen LogP contribution in [0.15, 0.2) is 76.9 Å². The summed E-state index contributed by atoms with van der Waals surface area (Å²) in [5.74, 6) is -0.312. The fraction of sp³-hybridized carbons (Fsp3) is 0.0476.